The smallest absolute Gasteiger partial charge is 0.0647 e. The Balaban J connectivity index is 3.94. The van der Waals surface area contributed by atoms with Gasteiger partial charge in [0.2, 0.25) is 0 Å². The highest BCUT2D eigenvalue weighted by atomic mass is 16.3. The summed E-state index contributed by atoms with van der Waals surface area (Å²) in [6.07, 6.45) is 5.55. The first-order valence-corrected chi connectivity index (χ1v) is 6.13. The molecule has 1 unspecified atom stereocenters. The molecule has 0 fully saturated rings. The van der Waals surface area contributed by atoms with E-state index in [1.54, 1.807) is 0 Å². The summed E-state index contributed by atoms with van der Waals surface area (Å²) < 4.78 is 0. The van der Waals surface area contributed by atoms with Crippen LogP contribution in [0.4, 0.5) is 0 Å². The minimum atomic E-state index is -0.494. The van der Waals surface area contributed by atoms with E-state index < -0.39 is 5.54 Å². The lowest BCUT2D eigenvalue weighted by Gasteiger charge is -2.33. The number of hydrogen-bond acceptors (Lipinski definition) is 3. The molecule has 3 nitrogen and oxygen atoms in total. The molecule has 0 bridgehead atoms. The Morgan fingerprint density at radius 3 is 2.13 bits per heavy atom. The van der Waals surface area contributed by atoms with E-state index in [2.05, 4.69) is 19.2 Å². The maximum Gasteiger partial charge on any atom is 0.0647 e. The van der Waals surface area contributed by atoms with Crippen molar-refractivity contribution in [1.82, 2.24) is 5.32 Å². The summed E-state index contributed by atoms with van der Waals surface area (Å²) in [5.74, 6) is 0. The third kappa shape index (κ3) is 5.50. The maximum atomic E-state index is 9.27. The lowest BCUT2D eigenvalue weighted by Crippen LogP contribution is -2.54. The number of aliphatic hydroxyl groups is 2. The molecule has 0 amide bonds. The SMILES string of the molecule is CCCCCC(C)NC(CC)(CO)CO. The molecule has 0 saturated carbocycles. The average Bonchev–Trinajstić information content (AvgIpc) is 2.26. The normalized spacial score (nSPS) is 14.2. The number of rotatable bonds is 9. The fourth-order valence-electron chi connectivity index (χ4n) is 1.76. The summed E-state index contributed by atoms with van der Waals surface area (Å²) in [5, 5.41) is 21.9. The van der Waals surface area contributed by atoms with Crippen LogP contribution in [0.3, 0.4) is 0 Å². The van der Waals surface area contributed by atoms with E-state index in [1.165, 1.54) is 19.3 Å². The van der Waals surface area contributed by atoms with Gasteiger partial charge in [0.1, 0.15) is 0 Å². The molecule has 1 atom stereocenters. The zero-order chi connectivity index (χ0) is 11.7. The van der Waals surface area contributed by atoms with Crippen LogP contribution in [0, 0.1) is 0 Å². The van der Waals surface area contributed by atoms with Crippen LogP contribution >= 0.6 is 0 Å². The second kappa shape index (κ2) is 8.08. The highest BCUT2D eigenvalue weighted by Crippen LogP contribution is 2.12. The Labute approximate surface area is 93.9 Å². The van der Waals surface area contributed by atoms with Crippen LogP contribution in [0.2, 0.25) is 0 Å². The Morgan fingerprint density at radius 1 is 1.13 bits per heavy atom. The van der Waals surface area contributed by atoms with Crippen LogP contribution in [0.25, 0.3) is 0 Å². The van der Waals surface area contributed by atoms with Gasteiger partial charge in [-0.2, -0.15) is 0 Å². The van der Waals surface area contributed by atoms with E-state index in [4.69, 9.17) is 0 Å². The topological polar surface area (TPSA) is 52.5 Å². The molecule has 0 aliphatic heterocycles. The zero-order valence-corrected chi connectivity index (χ0v) is 10.4. The van der Waals surface area contributed by atoms with E-state index in [9.17, 15) is 10.2 Å². The first-order chi connectivity index (χ1) is 7.14. The second-order valence-corrected chi connectivity index (χ2v) is 4.49. The van der Waals surface area contributed by atoms with E-state index in [0.717, 1.165) is 12.8 Å². The van der Waals surface area contributed by atoms with Crippen molar-refractivity contribution in [2.24, 2.45) is 0 Å². The summed E-state index contributed by atoms with van der Waals surface area (Å²) in [7, 11) is 0. The summed E-state index contributed by atoms with van der Waals surface area (Å²) in [6.45, 7) is 6.29. The molecule has 0 rings (SSSR count). The monoisotopic (exact) mass is 217 g/mol. The van der Waals surface area contributed by atoms with Gasteiger partial charge in [0.15, 0.2) is 0 Å². The van der Waals surface area contributed by atoms with Crippen molar-refractivity contribution < 1.29 is 10.2 Å². The molecule has 0 saturated heterocycles. The Kier molecular flexibility index (Phi) is 8.02. The van der Waals surface area contributed by atoms with Crippen LogP contribution in [0.5, 0.6) is 0 Å². The van der Waals surface area contributed by atoms with Gasteiger partial charge in [-0.1, -0.05) is 33.1 Å². The van der Waals surface area contributed by atoms with Gasteiger partial charge >= 0.3 is 0 Å². The molecule has 0 aromatic heterocycles. The third-order valence-corrected chi connectivity index (χ3v) is 3.08. The van der Waals surface area contributed by atoms with Gasteiger partial charge in [-0.15, -0.1) is 0 Å². The molecule has 0 spiro atoms. The van der Waals surface area contributed by atoms with Crippen LogP contribution < -0.4 is 5.32 Å². The van der Waals surface area contributed by atoms with E-state index in [1.807, 2.05) is 6.92 Å². The third-order valence-electron chi connectivity index (χ3n) is 3.08. The van der Waals surface area contributed by atoms with Crippen molar-refractivity contribution in [3.05, 3.63) is 0 Å². The van der Waals surface area contributed by atoms with Crippen LogP contribution in [-0.2, 0) is 0 Å². The van der Waals surface area contributed by atoms with Gasteiger partial charge in [-0.05, 0) is 19.8 Å². The van der Waals surface area contributed by atoms with Crippen molar-refractivity contribution in [2.75, 3.05) is 13.2 Å². The Bertz CT molecular complexity index is 138. The molecule has 15 heavy (non-hydrogen) atoms. The second-order valence-electron chi connectivity index (χ2n) is 4.49. The predicted octanol–water partition coefficient (Wildman–Crippen LogP) is 1.68. The number of nitrogens with one attached hydrogen (secondary N) is 1. The van der Waals surface area contributed by atoms with Gasteiger partial charge < -0.3 is 15.5 Å². The fraction of sp³-hybridized carbons (Fsp3) is 1.00. The van der Waals surface area contributed by atoms with E-state index in [0.29, 0.717) is 6.04 Å². The first kappa shape index (κ1) is 14.9. The van der Waals surface area contributed by atoms with Crippen molar-refractivity contribution in [2.45, 2.75) is 64.5 Å². The standard InChI is InChI=1S/C12H27NO2/c1-4-6-7-8-11(3)13-12(5-2,9-14)10-15/h11,13-15H,4-10H2,1-3H3. The zero-order valence-electron chi connectivity index (χ0n) is 10.4. The van der Waals surface area contributed by atoms with Crippen LogP contribution in [0.1, 0.15) is 52.9 Å². The number of unbranched alkanes of at least 4 members (excludes halogenated alkanes) is 2. The molecule has 3 N–H and O–H groups in total. The predicted molar refractivity (Wildman–Crippen MR) is 63.9 cm³/mol. The minimum absolute atomic E-state index is 0.00187. The van der Waals surface area contributed by atoms with Gasteiger partial charge in [-0.25, -0.2) is 0 Å². The maximum absolute atomic E-state index is 9.27. The highest BCUT2D eigenvalue weighted by molar-refractivity contribution is 4.87. The van der Waals surface area contributed by atoms with Crippen LogP contribution in [0.15, 0.2) is 0 Å². The molecule has 0 aromatic rings. The summed E-state index contributed by atoms with van der Waals surface area (Å²) >= 11 is 0. The van der Waals surface area contributed by atoms with E-state index in [-0.39, 0.29) is 13.2 Å². The molecule has 0 aromatic carbocycles. The first-order valence-electron chi connectivity index (χ1n) is 6.13. The number of aliphatic hydroxyl groups excluding tert-OH is 2. The molecule has 0 aliphatic rings. The molecule has 0 aliphatic carbocycles. The Morgan fingerprint density at radius 2 is 1.73 bits per heavy atom. The molecule has 92 valence electrons. The van der Waals surface area contributed by atoms with Crippen molar-refractivity contribution in [1.29, 1.82) is 0 Å². The molecule has 0 heterocycles. The quantitative estimate of drug-likeness (QED) is 0.515. The lowest BCUT2D eigenvalue weighted by atomic mass is 9.96. The summed E-state index contributed by atoms with van der Waals surface area (Å²) in [4.78, 5) is 0. The van der Waals surface area contributed by atoms with Gasteiger partial charge in [-0.3, -0.25) is 0 Å². The van der Waals surface area contributed by atoms with Crippen molar-refractivity contribution >= 4 is 0 Å². The van der Waals surface area contributed by atoms with E-state index >= 15 is 0 Å². The molecular weight excluding hydrogens is 190 g/mol. The Hall–Kier alpha value is -0.120. The fourth-order valence-corrected chi connectivity index (χ4v) is 1.76. The van der Waals surface area contributed by atoms with Crippen molar-refractivity contribution in [3.63, 3.8) is 0 Å². The lowest BCUT2D eigenvalue weighted by molar-refractivity contribution is 0.0781. The van der Waals surface area contributed by atoms with Gasteiger partial charge in [0, 0.05) is 6.04 Å². The van der Waals surface area contributed by atoms with Crippen molar-refractivity contribution in [3.8, 4) is 0 Å². The summed E-state index contributed by atoms with van der Waals surface area (Å²) in [6, 6.07) is 0.357. The van der Waals surface area contributed by atoms with Crippen LogP contribution in [-0.4, -0.2) is 35.0 Å². The molecular formula is C12H27NO2. The summed E-state index contributed by atoms with van der Waals surface area (Å²) in [5.41, 5.74) is -0.494. The number of hydrogen-bond donors (Lipinski definition) is 3. The minimum Gasteiger partial charge on any atom is -0.394 e. The molecule has 3 heteroatoms. The van der Waals surface area contributed by atoms with Gasteiger partial charge in [0.25, 0.3) is 0 Å². The average molecular weight is 217 g/mol. The molecule has 0 radical (unpaired) electrons. The largest absolute Gasteiger partial charge is 0.394 e. The highest BCUT2D eigenvalue weighted by Gasteiger charge is 2.27. The van der Waals surface area contributed by atoms with Gasteiger partial charge in [0.05, 0.1) is 18.8 Å².